The average molecular weight is 550 g/mol. The number of rotatable bonds is 28. The molecule has 3 N–H and O–H groups in total. The van der Waals surface area contributed by atoms with Crippen LogP contribution in [-0.4, -0.2) is 54.8 Å². The molecule has 0 aliphatic carbocycles. The quantitative estimate of drug-likeness (QED) is 0.0430. The average Bonchev–Trinajstić information content (AvgIpc) is 2.85. The van der Waals surface area contributed by atoms with Crippen LogP contribution in [0.15, 0.2) is 12.2 Å². The fourth-order valence-corrected chi connectivity index (χ4v) is 4.35. The maximum absolute atomic E-state index is 11.8. The molecule has 0 saturated heterocycles. The third kappa shape index (κ3) is 29.2. The number of phosphoric acid groups is 1. The minimum atomic E-state index is -4.15. The molecule has 0 heterocycles. The van der Waals surface area contributed by atoms with Crippen LogP contribution in [0.3, 0.4) is 0 Å². The highest BCUT2D eigenvalue weighted by Gasteiger charge is 2.20. The normalized spacial score (nSPS) is 13.1. The van der Waals surface area contributed by atoms with Gasteiger partial charge in [0, 0.05) is 25.8 Å². The largest absolute Gasteiger partial charge is 0.481 e. The van der Waals surface area contributed by atoms with E-state index in [1.54, 1.807) is 0 Å². The highest BCUT2D eigenvalue weighted by molar-refractivity contribution is 7.47. The molecule has 1 unspecified atom stereocenters. The van der Waals surface area contributed by atoms with Crippen LogP contribution in [-0.2, 0) is 27.9 Å². The van der Waals surface area contributed by atoms with Crippen LogP contribution in [0, 0.1) is 0 Å². The highest BCUT2D eigenvalue weighted by Crippen LogP contribution is 2.42. The van der Waals surface area contributed by atoms with E-state index in [4.69, 9.17) is 18.9 Å². The number of aliphatic carboxylic acids is 1. The first-order valence-electron chi connectivity index (χ1n) is 14.2. The van der Waals surface area contributed by atoms with Gasteiger partial charge in [0.05, 0.1) is 19.8 Å². The predicted molar refractivity (Wildman–Crippen MR) is 146 cm³/mol. The first-order valence-corrected chi connectivity index (χ1v) is 15.7. The molecule has 0 aromatic rings. The Labute approximate surface area is 224 Å². The van der Waals surface area contributed by atoms with Crippen LogP contribution in [0.1, 0.15) is 116 Å². The molecular formula is C27H52NO8P. The number of nitrogens with one attached hydrogen (secondary N) is 1. The van der Waals surface area contributed by atoms with Crippen molar-refractivity contribution >= 4 is 19.8 Å². The number of carboxylic acid groups (broad SMARTS) is 1. The summed E-state index contributed by atoms with van der Waals surface area (Å²) in [5.74, 6) is -1.12. The van der Waals surface area contributed by atoms with Crippen molar-refractivity contribution in [3.8, 4) is 0 Å². The summed E-state index contributed by atoms with van der Waals surface area (Å²) in [5, 5.41) is 11.4. The van der Waals surface area contributed by atoms with Gasteiger partial charge in [-0.15, -0.1) is 0 Å². The van der Waals surface area contributed by atoms with E-state index in [2.05, 4.69) is 24.4 Å². The maximum atomic E-state index is 11.8. The fourth-order valence-electron chi connectivity index (χ4n) is 3.60. The van der Waals surface area contributed by atoms with E-state index < -0.39 is 13.8 Å². The van der Waals surface area contributed by atoms with Crippen molar-refractivity contribution in [1.82, 2.24) is 5.32 Å². The van der Waals surface area contributed by atoms with E-state index >= 15 is 0 Å². The third-order valence-corrected chi connectivity index (χ3v) is 6.74. The molecule has 0 radical (unpaired) electrons. The summed E-state index contributed by atoms with van der Waals surface area (Å²) in [5.41, 5.74) is 0. The number of phosphoric ester groups is 1. The van der Waals surface area contributed by atoms with Gasteiger partial charge in [-0.1, -0.05) is 70.4 Å². The smallest absolute Gasteiger partial charge is 0.472 e. The van der Waals surface area contributed by atoms with Crippen LogP contribution in [0.25, 0.3) is 0 Å². The summed E-state index contributed by atoms with van der Waals surface area (Å²) in [6, 6.07) is 0. The molecule has 0 bridgehead atoms. The third-order valence-electron chi connectivity index (χ3n) is 5.73. The molecule has 0 fully saturated rings. The molecule has 0 rings (SSSR count). The lowest BCUT2D eigenvalue weighted by molar-refractivity contribution is -0.144. The van der Waals surface area contributed by atoms with Gasteiger partial charge in [0.25, 0.3) is 0 Å². The van der Waals surface area contributed by atoms with Crippen LogP contribution in [0.4, 0.5) is 0 Å². The summed E-state index contributed by atoms with van der Waals surface area (Å²) in [6.45, 7) is 3.08. The fraction of sp³-hybridized carbons (Fsp3) is 0.852. The molecule has 1 atom stereocenters. The SMILES string of the molecule is CCCCCCCC/C=C\CCCCCCCC(=O)OCCCOP(=O)(O)OCCNCCCC(=O)O. The van der Waals surface area contributed by atoms with Gasteiger partial charge in [0.2, 0.25) is 0 Å². The molecule has 0 saturated carbocycles. The van der Waals surface area contributed by atoms with E-state index in [9.17, 15) is 19.0 Å². The van der Waals surface area contributed by atoms with Crippen LogP contribution < -0.4 is 5.32 Å². The van der Waals surface area contributed by atoms with Crippen molar-refractivity contribution in [2.24, 2.45) is 0 Å². The van der Waals surface area contributed by atoms with Crippen LogP contribution in [0.5, 0.6) is 0 Å². The molecule has 37 heavy (non-hydrogen) atoms. The Balaban J connectivity index is 3.44. The van der Waals surface area contributed by atoms with Gasteiger partial charge < -0.3 is 20.1 Å². The molecule has 0 amide bonds. The van der Waals surface area contributed by atoms with Gasteiger partial charge in [0.1, 0.15) is 0 Å². The first-order chi connectivity index (χ1) is 17.9. The van der Waals surface area contributed by atoms with Gasteiger partial charge >= 0.3 is 19.8 Å². The Hall–Kier alpha value is -1.25. The lowest BCUT2D eigenvalue weighted by Crippen LogP contribution is -2.21. The predicted octanol–water partition coefficient (Wildman–Crippen LogP) is 6.55. The summed E-state index contributed by atoms with van der Waals surface area (Å²) < 4.78 is 26.6. The summed E-state index contributed by atoms with van der Waals surface area (Å²) in [6.07, 6.45) is 21.6. The monoisotopic (exact) mass is 549 g/mol. The molecular weight excluding hydrogens is 497 g/mol. The highest BCUT2D eigenvalue weighted by atomic mass is 31.2. The van der Waals surface area contributed by atoms with Gasteiger partial charge in [-0.05, 0) is 45.1 Å². The van der Waals surface area contributed by atoms with E-state index in [1.807, 2.05) is 0 Å². The Kier molecular flexibility index (Phi) is 25.5. The standard InChI is InChI=1S/C27H52NO8P/c1-2-3-4-5-6-7-8-9-10-11-12-13-14-15-16-20-27(31)34-23-18-24-35-37(32,33)36-25-22-28-21-17-19-26(29)30/h9-10,28H,2-8,11-25H2,1H3,(H,29,30)(H,32,33)/b10-9-. The summed E-state index contributed by atoms with van der Waals surface area (Å²) in [4.78, 5) is 31.8. The van der Waals surface area contributed by atoms with Crippen molar-refractivity contribution < 1.29 is 37.9 Å². The molecule has 0 aromatic carbocycles. The molecule has 0 aliphatic rings. The topological polar surface area (TPSA) is 131 Å². The molecule has 0 spiro atoms. The van der Waals surface area contributed by atoms with Crippen molar-refractivity contribution in [3.05, 3.63) is 12.2 Å². The van der Waals surface area contributed by atoms with Gasteiger partial charge in [-0.25, -0.2) is 4.57 Å². The number of carbonyl (C=O) groups is 2. The zero-order chi connectivity index (χ0) is 27.5. The van der Waals surface area contributed by atoms with Crippen molar-refractivity contribution in [2.45, 2.75) is 116 Å². The molecule has 0 aromatic heterocycles. The van der Waals surface area contributed by atoms with Crippen LogP contribution >= 0.6 is 7.82 Å². The Morgan fingerprint density at radius 1 is 0.730 bits per heavy atom. The second-order valence-electron chi connectivity index (χ2n) is 9.29. The second-order valence-corrected chi connectivity index (χ2v) is 10.7. The summed E-state index contributed by atoms with van der Waals surface area (Å²) in [7, 11) is -4.15. The molecule has 10 heteroatoms. The molecule has 9 nitrogen and oxygen atoms in total. The Morgan fingerprint density at radius 3 is 1.97 bits per heavy atom. The zero-order valence-electron chi connectivity index (χ0n) is 23.0. The van der Waals surface area contributed by atoms with Crippen molar-refractivity contribution in [2.75, 3.05) is 32.9 Å². The van der Waals surface area contributed by atoms with Crippen molar-refractivity contribution in [1.29, 1.82) is 0 Å². The maximum Gasteiger partial charge on any atom is 0.472 e. The van der Waals surface area contributed by atoms with Crippen LogP contribution in [0.2, 0.25) is 0 Å². The number of carboxylic acids is 1. The number of carbonyl (C=O) groups excluding carboxylic acids is 1. The summed E-state index contributed by atoms with van der Waals surface area (Å²) >= 11 is 0. The Morgan fingerprint density at radius 2 is 1.32 bits per heavy atom. The van der Waals surface area contributed by atoms with E-state index in [1.165, 1.54) is 57.8 Å². The lowest BCUT2D eigenvalue weighted by atomic mass is 10.1. The second kappa shape index (κ2) is 26.4. The molecule has 0 aliphatic heterocycles. The van der Waals surface area contributed by atoms with E-state index in [0.29, 0.717) is 32.4 Å². The van der Waals surface area contributed by atoms with E-state index in [-0.39, 0.29) is 32.2 Å². The van der Waals surface area contributed by atoms with Crippen molar-refractivity contribution in [3.63, 3.8) is 0 Å². The number of esters is 1. The lowest BCUT2D eigenvalue weighted by Gasteiger charge is -2.12. The number of unbranched alkanes of at least 4 members (excludes halogenated alkanes) is 11. The zero-order valence-corrected chi connectivity index (χ0v) is 23.9. The Bertz CT molecular complexity index is 630. The first kappa shape index (κ1) is 35.8. The van der Waals surface area contributed by atoms with Gasteiger partial charge in [-0.2, -0.15) is 0 Å². The van der Waals surface area contributed by atoms with E-state index in [0.717, 1.165) is 25.7 Å². The minimum absolute atomic E-state index is 0.0359. The number of ether oxygens (including phenoxy) is 1. The van der Waals surface area contributed by atoms with Gasteiger partial charge in [-0.3, -0.25) is 18.6 Å². The minimum Gasteiger partial charge on any atom is -0.481 e. The van der Waals surface area contributed by atoms with Gasteiger partial charge in [0.15, 0.2) is 0 Å². The number of hydrogen-bond acceptors (Lipinski definition) is 7. The molecule has 218 valence electrons. The number of hydrogen-bond donors (Lipinski definition) is 3. The number of allylic oxidation sites excluding steroid dienone is 2.